The Balaban J connectivity index is 2.58. The van der Waals surface area contributed by atoms with Gasteiger partial charge in [-0.2, -0.15) is 18.4 Å². The van der Waals surface area contributed by atoms with E-state index >= 15 is 0 Å². The van der Waals surface area contributed by atoms with Crippen molar-refractivity contribution in [3.8, 4) is 11.8 Å². The molecule has 98 valence electrons. The highest BCUT2D eigenvalue weighted by Gasteiger charge is 2.27. The van der Waals surface area contributed by atoms with E-state index in [1.54, 1.807) is 18.2 Å². The second-order valence-electron chi connectivity index (χ2n) is 3.24. The number of nitrogens with zero attached hydrogens (tertiary/aromatic N) is 1. The van der Waals surface area contributed by atoms with Gasteiger partial charge in [-0.1, -0.05) is 0 Å². The normalized spacial score (nSPS) is 10.8. The molecular weight excluding hydrogens is 265 g/mol. The highest BCUT2D eigenvalue weighted by molar-refractivity contribution is 8.00. The minimum atomic E-state index is -4.23. The van der Waals surface area contributed by atoms with Crippen LogP contribution in [0.1, 0.15) is 5.56 Å². The maximum Gasteiger partial charge on any atom is 0.441 e. The Hall–Kier alpha value is -1.55. The number of ether oxygens (including phenoxy) is 1. The SMILES string of the molecule is COc1ccc(C#N)c(NCCSC(F)(F)F)c1. The van der Waals surface area contributed by atoms with Crippen molar-refractivity contribution < 1.29 is 17.9 Å². The summed E-state index contributed by atoms with van der Waals surface area (Å²) < 4.78 is 40.7. The largest absolute Gasteiger partial charge is 0.497 e. The van der Waals surface area contributed by atoms with E-state index in [1.165, 1.54) is 7.11 Å². The number of thioether (sulfide) groups is 1. The van der Waals surface area contributed by atoms with Crippen LogP contribution >= 0.6 is 11.8 Å². The molecule has 0 bridgehead atoms. The average Bonchev–Trinajstić information content (AvgIpc) is 2.33. The molecule has 0 aliphatic rings. The van der Waals surface area contributed by atoms with Gasteiger partial charge >= 0.3 is 5.51 Å². The molecule has 0 unspecified atom stereocenters. The number of benzene rings is 1. The van der Waals surface area contributed by atoms with Gasteiger partial charge in [0, 0.05) is 18.4 Å². The number of rotatable bonds is 5. The van der Waals surface area contributed by atoms with Crippen LogP contribution in [0.4, 0.5) is 18.9 Å². The summed E-state index contributed by atoms with van der Waals surface area (Å²) in [6.45, 7) is 0.117. The zero-order chi connectivity index (χ0) is 13.6. The quantitative estimate of drug-likeness (QED) is 0.839. The number of alkyl halides is 3. The number of nitriles is 1. The second-order valence-corrected chi connectivity index (χ2v) is 4.40. The van der Waals surface area contributed by atoms with E-state index in [0.717, 1.165) is 0 Å². The number of nitrogens with one attached hydrogen (secondary N) is 1. The molecule has 0 aliphatic carbocycles. The lowest BCUT2D eigenvalue weighted by Gasteiger charge is -2.10. The van der Waals surface area contributed by atoms with Gasteiger partial charge in [0.1, 0.15) is 11.8 Å². The minimum Gasteiger partial charge on any atom is -0.497 e. The van der Waals surface area contributed by atoms with Gasteiger partial charge in [0.2, 0.25) is 0 Å². The summed E-state index contributed by atoms with van der Waals surface area (Å²) in [7, 11) is 1.48. The van der Waals surface area contributed by atoms with Gasteiger partial charge in [-0.25, -0.2) is 0 Å². The molecule has 0 atom stereocenters. The molecule has 0 aromatic heterocycles. The highest BCUT2D eigenvalue weighted by Crippen LogP contribution is 2.30. The molecule has 0 saturated carbocycles. The molecule has 1 rings (SSSR count). The van der Waals surface area contributed by atoms with Crippen LogP contribution in [-0.4, -0.2) is 24.9 Å². The fraction of sp³-hybridized carbons (Fsp3) is 0.364. The Bertz CT molecular complexity index is 443. The number of hydrogen-bond acceptors (Lipinski definition) is 4. The van der Waals surface area contributed by atoms with Crippen LogP contribution in [0.3, 0.4) is 0 Å². The molecule has 0 heterocycles. The van der Waals surface area contributed by atoms with Gasteiger partial charge in [0.25, 0.3) is 0 Å². The van der Waals surface area contributed by atoms with Gasteiger partial charge in [-0.3, -0.25) is 0 Å². The summed E-state index contributed by atoms with van der Waals surface area (Å²) in [6, 6.07) is 6.71. The average molecular weight is 276 g/mol. The topological polar surface area (TPSA) is 45.0 Å². The number of methoxy groups -OCH3 is 1. The molecule has 3 nitrogen and oxygen atoms in total. The molecule has 0 spiro atoms. The van der Waals surface area contributed by atoms with Crippen LogP contribution in [0, 0.1) is 11.3 Å². The molecule has 0 aliphatic heterocycles. The zero-order valence-corrected chi connectivity index (χ0v) is 10.4. The third kappa shape index (κ3) is 4.75. The summed E-state index contributed by atoms with van der Waals surface area (Å²) in [5.74, 6) is 0.422. The number of halogens is 3. The molecule has 18 heavy (non-hydrogen) atoms. The van der Waals surface area contributed by atoms with Crippen molar-refractivity contribution in [1.82, 2.24) is 0 Å². The summed E-state index contributed by atoms with van der Waals surface area (Å²) in [5, 5.41) is 11.6. The molecule has 0 saturated heterocycles. The van der Waals surface area contributed by atoms with Crippen LogP contribution in [0.5, 0.6) is 5.75 Å². The Kier molecular flexibility index (Phi) is 5.16. The van der Waals surface area contributed by atoms with Gasteiger partial charge < -0.3 is 10.1 Å². The Labute approximate surface area is 107 Å². The smallest absolute Gasteiger partial charge is 0.441 e. The molecule has 7 heteroatoms. The van der Waals surface area contributed by atoms with Crippen LogP contribution in [0.2, 0.25) is 0 Å². The van der Waals surface area contributed by atoms with E-state index in [0.29, 0.717) is 17.0 Å². The maximum absolute atomic E-state index is 11.9. The van der Waals surface area contributed by atoms with Crippen molar-refractivity contribution in [2.75, 3.05) is 24.7 Å². The van der Waals surface area contributed by atoms with Crippen molar-refractivity contribution in [2.24, 2.45) is 0 Å². The first-order valence-electron chi connectivity index (χ1n) is 4.99. The monoisotopic (exact) mass is 276 g/mol. The van der Waals surface area contributed by atoms with Crippen LogP contribution in [0.25, 0.3) is 0 Å². The first kappa shape index (κ1) is 14.5. The lowest BCUT2D eigenvalue weighted by Crippen LogP contribution is -2.10. The molecule has 0 amide bonds. The standard InChI is InChI=1S/C11H11F3N2OS/c1-17-9-3-2-8(7-15)10(6-9)16-4-5-18-11(12,13)14/h2-3,6,16H,4-5H2,1H3. The fourth-order valence-electron chi connectivity index (χ4n) is 1.25. The van der Waals surface area contributed by atoms with Gasteiger partial charge in [-0.05, 0) is 23.9 Å². The lowest BCUT2D eigenvalue weighted by molar-refractivity contribution is -0.0327. The lowest BCUT2D eigenvalue weighted by atomic mass is 10.2. The van der Waals surface area contributed by atoms with Crippen molar-refractivity contribution in [1.29, 1.82) is 5.26 Å². The van der Waals surface area contributed by atoms with Gasteiger partial charge in [0.05, 0.1) is 18.4 Å². The third-order valence-electron chi connectivity index (χ3n) is 2.03. The van der Waals surface area contributed by atoms with Crippen molar-refractivity contribution >= 4 is 17.4 Å². The Morgan fingerprint density at radius 3 is 2.72 bits per heavy atom. The molecule has 1 aromatic rings. The first-order valence-corrected chi connectivity index (χ1v) is 5.97. The van der Waals surface area contributed by atoms with Gasteiger partial charge in [0.15, 0.2) is 0 Å². The molecule has 0 radical (unpaired) electrons. The van der Waals surface area contributed by atoms with E-state index in [1.807, 2.05) is 6.07 Å². The van der Waals surface area contributed by atoms with E-state index in [4.69, 9.17) is 10.00 Å². The predicted octanol–water partition coefficient (Wildman–Crippen LogP) is 3.23. The number of anilines is 1. The molecule has 1 N–H and O–H groups in total. The summed E-state index contributed by atoms with van der Waals surface area (Å²) >= 11 is -0.100. The zero-order valence-electron chi connectivity index (χ0n) is 9.54. The van der Waals surface area contributed by atoms with Crippen LogP contribution in [-0.2, 0) is 0 Å². The highest BCUT2D eigenvalue weighted by atomic mass is 32.2. The molecule has 1 aromatic carbocycles. The van der Waals surface area contributed by atoms with E-state index in [2.05, 4.69) is 5.32 Å². The van der Waals surface area contributed by atoms with Gasteiger partial charge in [-0.15, -0.1) is 0 Å². The fourth-order valence-corrected chi connectivity index (χ4v) is 1.68. The second kappa shape index (κ2) is 6.40. The third-order valence-corrected chi connectivity index (χ3v) is 2.77. The van der Waals surface area contributed by atoms with Crippen LogP contribution in [0.15, 0.2) is 18.2 Å². The predicted molar refractivity (Wildman–Crippen MR) is 64.7 cm³/mol. The molecule has 0 fully saturated rings. The van der Waals surface area contributed by atoms with Crippen LogP contribution < -0.4 is 10.1 Å². The van der Waals surface area contributed by atoms with E-state index < -0.39 is 5.51 Å². The summed E-state index contributed by atoms with van der Waals surface area (Å²) in [4.78, 5) is 0. The number of hydrogen-bond donors (Lipinski definition) is 1. The first-order chi connectivity index (χ1) is 8.46. The van der Waals surface area contributed by atoms with Crippen molar-refractivity contribution in [2.45, 2.75) is 5.51 Å². The van der Waals surface area contributed by atoms with E-state index in [9.17, 15) is 13.2 Å². The minimum absolute atomic E-state index is 0.100. The summed E-state index contributed by atoms with van der Waals surface area (Å²) in [6.07, 6.45) is 0. The van der Waals surface area contributed by atoms with E-state index in [-0.39, 0.29) is 24.1 Å². The Morgan fingerprint density at radius 2 is 2.17 bits per heavy atom. The molecular formula is C11H11F3N2OS. The maximum atomic E-state index is 11.9. The Morgan fingerprint density at radius 1 is 1.44 bits per heavy atom. The summed E-state index contributed by atoms with van der Waals surface area (Å²) in [5.41, 5.74) is -3.39. The van der Waals surface area contributed by atoms with Crippen molar-refractivity contribution in [3.05, 3.63) is 23.8 Å². The van der Waals surface area contributed by atoms with Crippen molar-refractivity contribution in [3.63, 3.8) is 0 Å².